The third-order valence-electron chi connectivity index (χ3n) is 4.62. The molecule has 0 aliphatic carbocycles. The first-order valence-electron chi connectivity index (χ1n) is 9.70. The van der Waals surface area contributed by atoms with Gasteiger partial charge in [0.25, 0.3) is 11.8 Å². The number of aromatic hydroxyl groups is 1. The predicted octanol–water partition coefficient (Wildman–Crippen LogP) is 4.68. The summed E-state index contributed by atoms with van der Waals surface area (Å²) in [5.41, 5.74) is 3.63. The molecule has 0 atom stereocenters. The number of ether oxygens (including phenoxy) is 1. The smallest absolute Gasteiger partial charge is 0.261 e. The van der Waals surface area contributed by atoms with Crippen LogP contribution < -0.4 is 15.4 Å². The number of anilines is 2. The Kier molecular flexibility index (Phi) is 6.72. The van der Waals surface area contributed by atoms with Crippen molar-refractivity contribution in [1.29, 1.82) is 0 Å². The molecule has 3 aromatic rings. The average molecular weight is 416 g/mol. The monoisotopic (exact) mass is 416 g/mol. The topological polar surface area (TPSA) is 87.7 Å². The summed E-state index contributed by atoms with van der Waals surface area (Å²) in [4.78, 5) is 25.9. The Morgan fingerprint density at radius 2 is 1.29 bits per heavy atom. The van der Waals surface area contributed by atoms with Crippen LogP contribution in [0, 0.1) is 13.8 Å². The molecule has 0 saturated heterocycles. The van der Waals surface area contributed by atoms with Gasteiger partial charge in [0.1, 0.15) is 5.57 Å². The van der Waals surface area contributed by atoms with Crippen LogP contribution in [0.15, 0.2) is 72.3 Å². The second kappa shape index (κ2) is 9.63. The van der Waals surface area contributed by atoms with Crippen LogP contribution in [0.4, 0.5) is 11.4 Å². The van der Waals surface area contributed by atoms with Crippen molar-refractivity contribution in [3.63, 3.8) is 0 Å². The standard InChI is InChI=1S/C25H24N2O4/c1-16-4-9-19(10-5-16)26-24(29)21(14-18-8-13-23(31-3)22(28)15-18)25(30)27-20-11-6-17(2)7-12-20/h4-15,28H,1-3H3,(H,26,29)(H,27,30). The van der Waals surface area contributed by atoms with E-state index in [0.717, 1.165) is 11.1 Å². The van der Waals surface area contributed by atoms with Gasteiger partial charge in [-0.1, -0.05) is 41.5 Å². The summed E-state index contributed by atoms with van der Waals surface area (Å²) < 4.78 is 5.05. The average Bonchev–Trinajstić information content (AvgIpc) is 2.75. The number of hydrogen-bond acceptors (Lipinski definition) is 4. The van der Waals surface area contributed by atoms with Crippen molar-refractivity contribution in [3.8, 4) is 11.5 Å². The Hall–Kier alpha value is -4.06. The van der Waals surface area contributed by atoms with Gasteiger partial charge in [-0.25, -0.2) is 0 Å². The molecule has 3 aromatic carbocycles. The van der Waals surface area contributed by atoms with Crippen molar-refractivity contribution in [1.82, 2.24) is 0 Å². The molecule has 6 heteroatoms. The van der Waals surface area contributed by atoms with Gasteiger partial charge in [0.15, 0.2) is 11.5 Å². The van der Waals surface area contributed by atoms with E-state index in [1.165, 1.54) is 19.3 Å². The number of aryl methyl sites for hydroxylation is 2. The number of amides is 2. The highest BCUT2D eigenvalue weighted by atomic mass is 16.5. The number of carbonyl (C=O) groups is 2. The van der Waals surface area contributed by atoms with E-state index in [1.807, 2.05) is 38.1 Å². The van der Waals surface area contributed by atoms with Crippen LogP contribution in [-0.2, 0) is 9.59 Å². The van der Waals surface area contributed by atoms with Crippen LogP contribution >= 0.6 is 0 Å². The summed E-state index contributed by atoms with van der Waals surface area (Å²) >= 11 is 0. The molecule has 2 amide bonds. The summed E-state index contributed by atoms with van der Waals surface area (Å²) in [6.07, 6.45) is 1.42. The van der Waals surface area contributed by atoms with Gasteiger partial charge in [-0.2, -0.15) is 0 Å². The van der Waals surface area contributed by atoms with E-state index in [1.54, 1.807) is 36.4 Å². The molecule has 3 N–H and O–H groups in total. The molecule has 158 valence electrons. The van der Waals surface area contributed by atoms with Crippen molar-refractivity contribution < 1.29 is 19.4 Å². The molecule has 6 nitrogen and oxygen atoms in total. The third kappa shape index (κ3) is 5.73. The summed E-state index contributed by atoms with van der Waals surface area (Å²) in [6, 6.07) is 19.2. The van der Waals surface area contributed by atoms with Gasteiger partial charge in [-0.3, -0.25) is 9.59 Å². The maximum Gasteiger partial charge on any atom is 0.261 e. The lowest BCUT2D eigenvalue weighted by atomic mass is 10.1. The van der Waals surface area contributed by atoms with E-state index in [0.29, 0.717) is 22.7 Å². The van der Waals surface area contributed by atoms with Gasteiger partial charge in [-0.15, -0.1) is 0 Å². The van der Waals surface area contributed by atoms with Gasteiger partial charge in [0, 0.05) is 11.4 Å². The van der Waals surface area contributed by atoms with Crippen molar-refractivity contribution in [2.24, 2.45) is 0 Å². The Bertz CT molecular complexity index is 1060. The molecular weight excluding hydrogens is 392 g/mol. The summed E-state index contributed by atoms with van der Waals surface area (Å²) in [7, 11) is 1.44. The highest BCUT2D eigenvalue weighted by Gasteiger charge is 2.19. The summed E-state index contributed by atoms with van der Waals surface area (Å²) in [5.74, 6) is -0.923. The largest absolute Gasteiger partial charge is 0.504 e. The number of nitrogens with one attached hydrogen (secondary N) is 2. The predicted molar refractivity (Wildman–Crippen MR) is 122 cm³/mol. The lowest BCUT2D eigenvalue weighted by Crippen LogP contribution is -2.25. The number of phenols is 1. The highest BCUT2D eigenvalue weighted by molar-refractivity contribution is 6.28. The molecule has 0 aliphatic rings. The minimum absolute atomic E-state index is 0.0894. The quantitative estimate of drug-likeness (QED) is 0.309. The molecule has 0 aliphatic heterocycles. The minimum atomic E-state index is -0.566. The van der Waals surface area contributed by atoms with E-state index in [2.05, 4.69) is 10.6 Å². The SMILES string of the molecule is COc1ccc(C=C(C(=O)Nc2ccc(C)cc2)C(=O)Nc2ccc(C)cc2)cc1O. The minimum Gasteiger partial charge on any atom is -0.504 e. The summed E-state index contributed by atoms with van der Waals surface area (Å²) in [5, 5.41) is 15.5. The van der Waals surface area contributed by atoms with E-state index in [-0.39, 0.29) is 11.3 Å². The van der Waals surface area contributed by atoms with Crippen molar-refractivity contribution in [3.05, 3.63) is 89.0 Å². The molecule has 0 fully saturated rings. The molecule has 0 aromatic heterocycles. The maximum absolute atomic E-state index is 13.0. The molecule has 0 unspecified atom stereocenters. The van der Waals surface area contributed by atoms with Crippen LogP contribution in [0.5, 0.6) is 11.5 Å². The number of benzene rings is 3. The number of hydrogen-bond donors (Lipinski definition) is 3. The molecule has 3 rings (SSSR count). The van der Waals surface area contributed by atoms with Gasteiger partial charge in [-0.05, 0) is 61.9 Å². The van der Waals surface area contributed by atoms with Crippen LogP contribution in [0.25, 0.3) is 6.08 Å². The number of methoxy groups -OCH3 is 1. The van der Waals surface area contributed by atoms with E-state index >= 15 is 0 Å². The van der Waals surface area contributed by atoms with Crippen LogP contribution in [-0.4, -0.2) is 24.0 Å². The Balaban J connectivity index is 1.92. The lowest BCUT2D eigenvalue weighted by molar-refractivity contribution is -0.118. The van der Waals surface area contributed by atoms with Crippen molar-refractivity contribution in [2.75, 3.05) is 17.7 Å². The van der Waals surface area contributed by atoms with E-state index in [9.17, 15) is 14.7 Å². The first kappa shape index (κ1) is 21.6. The van der Waals surface area contributed by atoms with Crippen molar-refractivity contribution in [2.45, 2.75) is 13.8 Å². The zero-order chi connectivity index (χ0) is 22.4. The maximum atomic E-state index is 13.0. The fourth-order valence-electron chi connectivity index (χ4n) is 2.87. The van der Waals surface area contributed by atoms with Gasteiger partial charge in [0.2, 0.25) is 0 Å². The molecule has 0 spiro atoms. The highest BCUT2D eigenvalue weighted by Crippen LogP contribution is 2.27. The Morgan fingerprint density at radius 3 is 1.71 bits per heavy atom. The zero-order valence-electron chi connectivity index (χ0n) is 17.6. The third-order valence-corrected chi connectivity index (χ3v) is 4.62. The fraction of sp³-hybridized carbons (Fsp3) is 0.120. The van der Waals surface area contributed by atoms with Crippen LogP contribution in [0.1, 0.15) is 16.7 Å². The first-order chi connectivity index (χ1) is 14.9. The van der Waals surface area contributed by atoms with E-state index < -0.39 is 11.8 Å². The number of carbonyl (C=O) groups excluding carboxylic acids is 2. The summed E-state index contributed by atoms with van der Waals surface area (Å²) in [6.45, 7) is 3.89. The van der Waals surface area contributed by atoms with E-state index in [4.69, 9.17) is 4.74 Å². The Morgan fingerprint density at radius 1 is 0.806 bits per heavy atom. The Labute approximate surface area is 181 Å². The zero-order valence-corrected chi connectivity index (χ0v) is 17.6. The van der Waals surface area contributed by atoms with Crippen LogP contribution in [0.3, 0.4) is 0 Å². The molecular formula is C25H24N2O4. The fourth-order valence-corrected chi connectivity index (χ4v) is 2.87. The van der Waals surface area contributed by atoms with Gasteiger partial charge in [0.05, 0.1) is 7.11 Å². The van der Waals surface area contributed by atoms with Gasteiger partial charge < -0.3 is 20.5 Å². The van der Waals surface area contributed by atoms with Crippen molar-refractivity contribution >= 4 is 29.3 Å². The number of rotatable bonds is 6. The molecule has 0 bridgehead atoms. The molecule has 0 saturated carbocycles. The first-order valence-corrected chi connectivity index (χ1v) is 9.70. The molecule has 0 heterocycles. The second-order valence-electron chi connectivity index (χ2n) is 7.13. The number of phenolic OH excluding ortho intramolecular Hbond substituents is 1. The van der Waals surface area contributed by atoms with Gasteiger partial charge >= 0.3 is 0 Å². The molecule has 31 heavy (non-hydrogen) atoms. The molecule has 0 radical (unpaired) electrons. The lowest BCUT2D eigenvalue weighted by Gasteiger charge is -2.11. The second-order valence-corrected chi connectivity index (χ2v) is 7.13. The van der Waals surface area contributed by atoms with Crippen LogP contribution in [0.2, 0.25) is 0 Å². The normalized spacial score (nSPS) is 10.2.